The highest BCUT2D eigenvalue weighted by Crippen LogP contribution is 2.15. The largest absolute Gasteiger partial charge is 0.388 e. The first kappa shape index (κ1) is 10.5. The van der Waals surface area contributed by atoms with E-state index in [1.54, 1.807) is 0 Å². The van der Waals surface area contributed by atoms with Crippen LogP contribution in [0.4, 0.5) is 5.69 Å². The third-order valence-electron chi connectivity index (χ3n) is 3.07. The monoisotopic (exact) mass is 204 g/mol. The molecule has 1 aromatic carbocycles. The number of hydrogen-bond donors (Lipinski definition) is 1. The summed E-state index contributed by atoms with van der Waals surface area (Å²) in [5.41, 5.74) is 2.63. The number of anilines is 1. The second-order valence-electron chi connectivity index (χ2n) is 4.29. The standard InChI is InChI=1S/C13H20N2/c1-14-13-7-5-6-12(10-13)11-15-8-3-2-4-9-15/h5-7,10,14H,2-4,8-9,11H2,1H3. The molecule has 82 valence electrons. The van der Waals surface area contributed by atoms with Gasteiger partial charge in [0.15, 0.2) is 0 Å². The fraction of sp³-hybridized carbons (Fsp3) is 0.538. The van der Waals surface area contributed by atoms with E-state index in [2.05, 4.69) is 34.5 Å². The Morgan fingerprint density at radius 3 is 2.73 bits per heavy atom. The Morgan fingerprint density at radius 2 is 2.00 bits per heavy atom. The van der Waals surface area contributed by atoms with Gasteiger partial charge in [-0.2, -0.15) is 0 Å². The van der Waals surface area contributed by atoms with Crippen LogP contribution in [0.1, 0.15) is 24.8 Å². The summed E-state index contributed by atoms with van der Waals surface area (Å²) < 4.78 is 0. The maximum Gasteiger partial charge on any atom is 0.0340 e. The van der Waals surface area contributed by atoms with Crippen LogP contribution in [0.15, 0.2) is 24.3 Å². The minimum absolute atomic E-state index is 1.11. The van der Waals surface area contributed by atoms with Gasteiger partial charge < -0.3 is 5.32 Å². The Kier molecular flexibility index (Phi) is 3.62. The van der Waals surface area contributed by atoms with Gasteiger partial charge in [-0.15, -0.1) is 0 Å². The van der Waals surface area contributed by atoms with Crippen molar-refractivity contribution in [3.63, 3.8) is 0 Å². The highest BCUT2D eigenvalue weighted by molar-refractivity contribution is 5.44. The molecule has 0 saturated carbocycles. The molecule has 1 heterocycles. The van der Waals surface area contributed by atoms with Crippen molar-refractivity contribution in [2.75, 3.05) is 25.5 Å². The highest BCUT2D eigenvalue weighted by Gasteiger charge is 2.10. The van der Waals surface area contributed by atoms with E-state index in [1.807, 2.05) is 7.05 Å². The molecule has 1 fully saturated rings. The van der Waals surface area contributed by atoms with Crippen molar-refractivity contribution in [2.45, 2.75) is 25.8 Å². The van der Waals surface area contributed by atoms with Gasteiger partial charge in [0.05, 0.1) is 0 Å². The van der Waals surface area contributed by atoms with E-state index in [1.165, 1.54) is 43.6 Å². The fourth-order valence-electron chi connectivity index (χ4n) is 2.20. The van der Waals surface area contributed by atoms with Crippen LogP contribution in [0.3, 0.4) is 0 Å². The molecule has 0 amide bonds. The normalized spacial score (nSPS) is 17.7. The van der Waals surface area contributed by atoms with Gasteiger partial charge in [-0.3, -0.25) is 4.90 Å². The maximum atomic E-state index is 3.19. The predicted octanol–water partition coefficient (Wildman–Crippen LogP) is 2.71. The van der Waals surface area contributed by atoms with Crippen LogP contribution in [0.5, 0.6) is 0 Å². The molecule has 2 heteroatoms. The van der Waals surface area contributed by atoms with Gasteiger partial charge in [-0.05, 0) is 43.6 Å². The quantitative estimate of drug-likeness (QED) is 0.814. The maximum absolute atomic E-state index is 3.19. The van der Waals surface area contributed by atoms with Crippen LogP contribution in [-0.4, -0.2) is 25.0 Å². The van der Waals surface area contributed by atoms with Gasteiger partial charge in [0.2, 0.25) is 0 Å². The van der Waals surface area contributed by atoms with Gasteiger partial charge >= 0.3 is 0 Å². The number of piperidine rings is 1. The van der Waals surface area contributed by atoms with E-state index in [4.69, 9.17) is 0 Å². The second-order valence-corrected chi connectivity index (χ2v) is 4.29. The number of hydrogen-bond acceptors (Lipinski definition) is 2. The van der Waals surface area contributed by atoms with E-state index in [-0.39, 0.29) is 0 Å². The first-order chi connectivity index (χ1) is 7.38. The first-order valence-electron chi connectivity index (χ1n) is 5.87. The van der Waals surface area contributed by atoms with Crippen LogP contribution < -0.4 is 5.32 Å². The molecule has 0 unspecified atom stereocenters. The van der Waals surface area contributed by atoms with Crippen molar-refractivity contribution in [2.24, 2.45) is 0 Å². The molecule has 1 N–H and O–H groups in total. The third kappa shape index (κ3) is 2.96. The molecule has 1 aromatic rings. The van der Waals surface area contributed by atoms with Crippen molar-refractivity contribution in [3.05, 3.63) is 29.8 Å². The average Bonchev–Trinajstić information content (AvgIpc) is 2.31. The molecule has 0 aliphatic carbocycles. The molecular formula is C13H20N2. The van der Waals surface area contributed by atoms with Crippen molar-refractivity contribution in [3.8, 4) is 0 Å². The molecule has 0 aromatic heterocycles. The van der Waals surface area contributed by atoms with Crippen LogP contribution in [-0.2, 0) is 6.54 Å². The minimum atomic E-state index is 1.11. The summed E-state index contributed by atoms with van der Waals surface area (Å²) in [6.07, 6.45) is 4.14. The zero-order valence-corrected chi connectivity index (χ0v) is 9.50. The fourth-order valence-corrected chi connectivity index (χ4v) is 2.20. The molecule has 1 saturated heterocycles. The molecule has 0 atom stereocenters. The van der Waals surface area contributed by atoms with E-state index in [9.17, 15) is 0 Å². The Morgan fingerprint density at radius 1 is 1.20 bits per heavy atom. The summed E-state index contributed by atoms with van der Waals surface area (Å²) in [5.74, 6) is 0. The van der Waals surface area contributed by atoms with Crippen LogP contribution in [0.2, 0.25) is 0 Å². The highest BCUT2D eigenvalue weighted by atomic mass is 15.1. The number of nitrogens with zero attached hydrogens (tertiary/aromatic N) is 1. The minimum Gasteiger partial charge on any atom is -0.388 e. The Balaban J connectivity index is 1.96. The zero-order valence-electron chi connectivity index (χ0n) is 9.50. The molecule has 2 nitrogen and oxygen atoms in total. The average molecular weight is 204 g/mol. The van der Waals surface area contributed by atoms with Gasteiger partial charge in [-0.1, -0.05) is 18.6 Å². The Bertz CT molecular complexity index is 303. The van der Waals surface area contributed by atoms with Crippen molar-refractivity contribution < 1.29 is 0 Å². The summed E-state index contributed by atoms with van der Waals surface area (Å²) in [6.45, 7) is 3.64. The van der Waals surface area contributed by atoms with Crippen LogP contribution in [0.25, 0.3) is 0 Å². The lowest BCUT2D eigenvalue weighted by Crippen LogP contribution is -2.29. The lowest BCUT2D eigenvalue weighted by Gasteiger charge is -2.26. The molecule has 1 aliphatic heterocycles. The molecular weight excluding hydrogens is 184 g/mol. The predicted molar refractivity (Wildman–Crippen MR) is 65.1 cm³/mol. The van der Waals surface area contributed by atoms with E-state index in [0.29, 0.717) is 0 Å². The first-order valence-corrected chi connectivity index (χ1v) is 5.87. The molecule has 15 heavy (non-hydrogen) atoms. The Labute approximate surface area is 92.3 Å². The summed E-state index contributed by atoms with van der Waals surface area (Å²) in [7, 11) is 1.97. The molecule has 0 bridgehead atoms. The topological polar surface area (TPSA) is 15.3 Å². The van der Waals surface area contributed by atoms with Gasteiger partial charge in [0.25, 0.3) is 0 Å². The smallest absolute Gasteiger partial charge is 0.0340 e. The Hall–Kier alpha value is -1.02. The lowest BCUT2D eigenvalue weighted by atomic mass is 10.1. The third-order valence-corrected chi connectivity index (χ3v) is 3.07. The number of likely N-dealkylation sites (tertiary alicyclic amines) is 1. The van der Waals surface area contributed by atoms with Gasteiger partial charge in [0, 0.05) is 19.3 Å². The van der Waals surface area contributed by atoms with E-state index >= 15 is 0 Å². The summed E-state index contributed by atoms with van der Waals surface area (Å²) in [5, 5.41) is 3.19. The molecule has 1 aliphatic rings. The molecule has 0 radical (unpaired) electrons. The molecule has 2 rings (SSSR count). The van der Waals surface area contributed by atoms with Crippen molar-refractivity contribution in [1.82, 2.24) is 4.90 Å². The second kappa shape index (κ2) is 5.17. The number of nitrogens with one attached hydrogen (secondary N) is 1. The zero-order chi connectivity index (χ0) is 10.5. The van der Waals surface area contributed by atoms with Gasteiger partial charge in [-0.25, -0.2) is 0 Å². The number of benzene rings is 1. The van der Waals surface area contributed by atoms with E-state index < -0.39 is 0 Å². The van der Waals surface area contributed by atoms with Crippen LogP contribution >= 0.6 is 0 Å². The summed E-state index contributed by atoms with van der Waals surface area (Å²) in [4.78, 5) is 2.55. The summed E-state index contributed by atoms with van der Waals surface area (Å²) in [6, 6.07) is 8.70. The van der Waals surface area contributed by atoms with Crippen molar-refractivity contribution >= 4 is 5.69 Å². The SMILES string of the molecule is CNc1cccc(CN2CCCCC2)c1. The molecule has 0 spiro atoms. The number of rotatable bonds is 3. The van der Waals surface area contributed by atoms with Gasteiger partial charge in [0.1, 0.15) is 0 Å². The summed E-state index contributed by atoms with van der Waals surface area (Å²) >= 11 is 0. The van der Waals surface area contributed by atoms with Crippen molar-refractivity contribution in [1.29, 1.82) is 0 Å². The van der Waals surface area contributed by atoms with E-state index in [0.717, 1.165) is 6.54 Å². The lowest BCUT2D eigenvalue weighted by molar-refractivity contribution is 0.221. The van der Waals surface area contributed by atoms with Crippen LogP contribution in [0, 0.1) is 0 Å².